The van der Waals surface area contributed by atoms with Gasteiger partial charge in [0.1, 0.15) is 11.5 Å². The molecule has 224 valence electrons. The maximum Gasteiger partial charge on any atom is 0.416 e. The van der Waals surface area contributed by atoms with Gasteiger partial charge in [0, 0.05) is 23.0 Å². The van der Waals surface area contributed by atoms with Crippen molar-refractivity contribution in [2.45, 2.75) is 44.8 Å². The number of carboxylic acids is 1. The van der Waals surface area contributed by atoms with Crippen molar-refractivity contribution in [3.05, 3.63) is 112 Å². The summed E-state index contributed by atoms with van der Waals surface area (Å²) in [6.45, 7) is 1.34. The molecule has 1 aliphatic carbocycles. The number of carbonyl (C=O) groups excluding carboxylic acids is 1. The van der Waals surface area contributed by atoms with E-state index < -0.39 is 29.4 Å². The lowest BCUT2D eigenvalue weighted by atomic mass is 10.0. The average Bonchev–Trinajstić information content (AvgIpc) is 3.50. The molecule has 0 bridgehead atoms. The first-order valence-electron chi connectivity index (χ1n) is 13.9. The first-order valence-corrected chi connectivity index (χ1v) is 13.9. The van der Waals surface area contributed by atoms with Gasteiger partial charge in [-0.25, -0.2) is 14.2 Å². The minimum Gasteiger partial charge on any atom is -0.478 e. The number of aromatic nitrogens is 1. The number of aryl methyl sites for hydroxylation is 1. The van der Waals surface area contributed by atoms with Crippen LogP contribution in [0.5, 0.6) is 0 Å². The Kier molecular flexibility index (Phi) is 8.67. The highest BCUT2D eigenvalue weighted by Crippen LogP contribution is 2.34. The Morgan fingerprint density at radius 3 is 2.30 bits per heavy atom. The lowest BCUT2D eigenvalue weighted by molar-refractivity contribution is -0.138. The Morgan fingerprint density at radius 1 is 0.909 bits per heavy atom. The van der Waals surface area contributed by atoms with Gasteiger partial charge >= 0.3 is 12.1 Å². The summed E-state index contributed by atoms with van der Waals surface area (Å²) in [4.78, 5) is 29.5. The van der Waals surface area contributed by atoms with Crippen LogP contribution in [0.15, 0.2) is 72.8 Å². The third-order valence-corrected chi connectivity index (χ3v) is 7.38. The van der Waals surface area contributed by atoms with Crippen LogP contribution in [0.1, 0.15) is 68.8 Å². The fraction of sp³-hybridized carbons (Fsp3) is 0.206. The molecule has 0 atom stereocenters. The molecule has 4 aromatic rings. The van der Waals surface area contributed by atoms with Crippen LogP contribution in [0, 0.1) is 24.6 Å². The van der Waals surface area contributed by atoms with Crippen molar-refractivity contribution < 1.29 is 32.3 Å². The summed E-state index contributed by atoms with van der Waals surface area (Å²) in [7, 11) is 0. The van der Waals surface area contributed by atoms with E-state index in [1.54, 1.807) is 12.1 Å². The van der Waals surface area contributed by atoms with E-state index in [1.165, 1.54) is 43.3 Å². The van der Waals surface area contributed by atoms with E-state index in [0.29, 0.717) is 11.6 Å². The number of amides is 1. The van der Waals surface area contributed by atoms with Crippen LogP contribution in [-0.2, 0) is 6.18 Å². The molecule has 1 amide bonds. The number of alkyl halides is 3. The molecule has 0 radical (unpaired) electrons. The molecule has 0 spiro atoms. The monoisotopic (exact) mass is 601 g/mol. The molecule has 0 saturated heterocycles. The zero-order valence-electron chi connectivity index (χ0n) is 23.6. The summed E-state index contributed by atoms with van der Waals surface area (Å²) in [6.07, 6.45) is -0.106. The normalized spacial score (nSPS) is 13.2. The van der Waals surface area contributed by atoms with Crippen LogP contribution in [-0.4, -0.2) is 28.0 Å². The summed E-state index contributed by atoms with van der Waals surface area (Å²) in [5.41, 5.74) is 0.304. The van der Waals surface area contributed by atoms with Gasteiger partial charge in [0.15, 0.2) is 0 Å². The van der Waals surface area contributed by atoms with Gasteiger partial charge in [-0.05, 0) is 79.8 Å². The molecule has 3 N–H and O–H groups in total. The number of rotatable bonds is 6. The highest BCUT2D eigenvalue weighted by Gasteiger charge is 2.32. The van der Waals surface area contributed by atoms with Crippen molar-refractivity contribution in [1.82, 2.24) is 4.98 Å². The van der Waals surface area contributed by atoms with Crippen molar-refractivity contribution in [3.63, 3.8) is 0 Å². The molecule has 1 saturated carbocycles. The number of nitrogens with zero attached hydrogens (tertiary/aromatic N) is 1. The molecule has 3 aromatic carbocycles. The average molecular weight is 602 g/mol. The molecule has 10 heteroatoms. The lowest BCUT2D eigenvalue weighted by Crippen LogP contribution is -2.16. The van der Waals surface area contributed by atoms with Crippen molar-refractivity contribution in [3.8, 4) is 23.1 Å². The quantitative estimate of drug-likeness (QED) is 0.154. The van der Waals surface area contributed by atoms with Crippen molar-refractivity contribution in [2.24, 2.45) is 0 Å². The Hall–Kier alpha value is -5.17. The first-order chi connectivity index (χ1) is 21.0. The van der Waals surface area contributed by atoms with E-state index in [0.717, 1.165) is 43.5 Å². The Morgan fingerprint density at radius 2 is 1.61 bits per heavy atom. The molecule has 44 heavy (non-hydrogen) atoms. The van der Waals surface area contributed by atoms with E-state index in [2.05, 4.69) is 27.5 Å². The predicted octanol–water partition coefficient (Wildman–Crippen LogP) is 7.92. The van der Waals surface area contributed by atoms with Gasteiger partial charge in [0.05, 0.1) is 27.9 Å². The SMILES string of the molecule is Cc1ccc(NC(=O)c2ccc(C#Cc3c(F)cccc3C(=O)O)nc2-c2ccc(NC3CCCC3)cc2)cc1C(F)(F)F. The number of anilines is 2. The number of hydrogen-bond acceptors (Lipinski definition) is 4. The second-order valence-electron chi connectivity index (χ2n) is 10.5. The highest BCUT2D eigenvalue weighted by molar-refractivity contribution is 6.08. The molecular weight excluding hydrogens is 574 g/mol. The summed E-state index contributed by atoms with van der Waals surface area (Å²) in [5.74, 6) is 2.37. The van der Waals surface area contributed by atoms with Crippen LogP contribution in [0.2, 0.25) is 0 Å². The number of benzene rings is 3. The van der Waals surface area contributed by atoms with Gasteiger partial charge in [-0.15, -0.1) is 0 Å². The van der Waals surface area contributed by atoms with Crippen LogP contribution in [0.25, 0.3) is 11.3 Å². The van der Waals surface area contributed by atoms with E-state index in [4.69, 9.17) is 0 Å². The number of nitrogens with one attached hydrogen (secondary N) is 2. The second kappa shape index (κ2) is 12.6. The Labute approximate surface area is 251 Å². The molecule has 1 aromatic heterocycles. The zero-order valence-corrected chi connectivity index (χ0v) is 23.6. The van der Waals surface area contributed by atoms with Crippen LogP contribution < -0.4 is 10.6 Å². The van der Waals surface area contributed by atoms with E-state index >= 15 is 0 Å². The zero-order chi connectivity index (χ0) is 31.4. The summed E-state index contributed by atoms with van der Waals surface area (Å²) in [6, 6.07) is 17.6. The topological polar surface area (TPSA) is 91.3 Å². The highest BCUT2D eigenvalue weighted by atomic mass is 19.4. The molecular formula is C34H27F4N3O3. The van der Waals surface area contributed by atoms with Gasteiger partial charge in [-0.1, -0.05) is 43.0 Å². The molecule has 1 fully saturated rings. The van der Waals surface area contributed by atoms with E-state index in [1.807, 2.05) is 12.1 Å². The fourth-order valence-corrected chi connectivity index (χ4v) is 5.12. The molecule has 6 nitrogen and oxygen atoms in total. The number of carbonyl (C=O) groups is 2. The van der Waals surface area contributed by atoms with Crippen LogP contribution in [0.4, 0.5) is 28.9 Å². The smallest absolute Gasteiger partial charge is 0.416 e. The van der Waals surface area contributed by atoms with Crippen molar-refractivity contribution in [1.29, 1.82) is 0 Å². The summed E-state index contributed by atoms with van der Waals surface area (Å²) >= 11 is 0. The summed E-state index contributed by atoms with van der Waals surface area (Å²) < 4.78 is 54.8. The van der Waals surface area contributed by atoms with Gasteiger partial charge in [-0.3, -0.25) is 4.79 Å². The molecule has 0 aliphatic heterocycles. The minimum atomic E-state index is -4.59. The Balaban J connectivity index is 1.52. The minimum absolute atomic E-state index is 0.0213. The Bertz CT molecular complexity index is 1780. The number of hydrogen-bond donors (Lipinski definition) is 3. The second-order valence-corrected chi connectivity index (χ2v) is 10.5. The molecule has 0 unspecified atom stereocenters. The maximum absolute atomic E-state index is 14.4. The van der Waals surface area contributed by atoms with Gasteiger partial charge < -0.3 is 15.7 Å². The number of aromatic carboxylic acids is 1. The molecule has 1 heterocycles. The largest absolute Gasteiger partial charge is 0.478 e. The van der Waals surface area contributed by atoms with E-state index in [9.17, 15) is 32.3 Å². The lowest BCUT2D eigenvalue weighted by Gasteiger charge is -2.15. The third kappa shape index (κ3) is 6.89. The number of pyridine rings is 1. The predicted molar refractivity (Wildman–Crippen MR) is 159 cm³/mol. The van der Waals surface area contributed by atoms with Crippen LogP contribution >= 0.6 is 0 Å². The van der Waals surface area contributed by atoms with Gasteiger partial charge in [-0.2, -0.15) is 13.2 Å². The van der Waals surface area contributed by atoms with Crippen molar-refractivity contribution in [2.75, 3.05) is 10.6 Å². The standard InChI is InChI=1S/C34H27F4N3O3/c1-20-9-12-25(19-29(20)34(36,37)38)41-32(42)28-18-16-24(15-17-26-27(33(43)44)7-4-8-30(26)35)40-31(28)21-10-13-23(14-11-21)39-22-5-2-3-6-22/h4,7-14,16,18-19,22,39H,2-3,5-6H2,1H3,(H,41,42)(H,43,44). The third-order valence-electron chi connectivity index (χ3n) is 7.38. The van der Waals surface area contributed by atoms with Gasteiger partial charge in [0.2, 0.25) is 0 Å². The number of halogens is 4. The first kappa shape index (κ1) is 30.3. The van der Waals surface area contributed by atoms with Crippen LogP contribution in [0.3, 0.4) is 0 Å². The van der Waals surface area contributed by atoms with E-state index in [-0.39, 0.29) is 39.3 Å². The maximum atomic E-state index is 14.4. The molecule has 5 rings (SSSR count). The molecule has 1 aliphatic rings. The van der Waals surface area contributed by atoms with Crippen molar-refractivity contribution >= 4 is 23.3 Å². The summed E-state index contributed by atoms with van der Waals surface area (Å²) in [5, 5.41) is 15.4. The van der Waals surface area contributed by atoms with Gasteiger partial charge in [0.25, 0.3) is 5.91 Å². The fourth-order valence-electron chi connectivity index (χ4n) is 5.12. The number of carboxylic acid groups (broad SMARTS) is 1.